The van der Waals surface area contributed by atoms with Crippen LogP contribution in [0.15, 0.2) is 16.6 Å². The van der Waals surface area contributed by atoms with Crippen LogP contribution in [0.1, 0.15) is 5.56 Å². The van der Waals surface area contributed by atoms with Gasteiger partial charge in [-0.15, -0.1) is 0 Å². The van der Waals surface area contributed by atoms with Crippen molar-refractivity contribution in [3.05, 3.63) is 37.7 Å². The lowest BCUT2D eigenvalue weighted by Crippen LogP contribution is -1.84. The van der Waals surface area contributed by atoms with Crippen molar-refractivity contribution in [2.24, 2.45) is 0 Å². The molecule has 11 heavy (non-hydrogen) atoms. The number of halogens is 3. The summed E-state index contributed by atoms with van der Waals surface area (Å²) in [5, 5.41) is 0.799. The van der Waals surface area contributed by atoms with Crippen LogP contribution in [0.5, 0.6) is 0 Å². The van der Waals surface area contributed by atoms with E-state index in [1.807, 2.05) is 12.1 Å². The zero-order valence-corrected chi connectivity index (χ0v) is 10.2. The molecule has 0 bridgehead atoms. The maximum atomic E-state index is 5.94. The molecule has 0 heterocycles. The van der Waals surface area contributed by atoms with Gasteiger partial charge in [0.1, 0.15) is 0 Å². The Bertz CT molecular complexity index is 273. The van der Waals surface area contributed by atoms with E-state index < -0.39 is 0 Å². The normalized spacial score (nSPS) is 10.2. The van der Waals surface area contributed by atoms with Crippen LogP contribution < -0.4 is 0 Å². The average molecular weight is 344 g/mol. The zero-order valence-electron chi connectivity index (χ0n) is 5.70. The lowest BCUT2D eigenvalue weighted by molar-refractivity contribution is 1.26. The molecule has 1 aromatic carbocycles. The summed E-state index contributed by atoms with van der Waals surface area (Å²) in [4.78, 5) is 0. The van der Waals surface area contributed by atoms with Crippen LogP contribution in [0.3, 0.4) is 0 Å². The van der Waals surface area contributed by atoms with E-state index in [0.29, 0.717) is 0 Å². The Morgan fingerprint density at radius 2 is 2.18 bits per heavy atom. The van der Waals surface area contributed by atoms with Crippen molar-refractivity contribution in [1.29, 1.82) is 0 Å². The van der Waals surface area contributed by atoms with Crippen LogP contribution in [-0.4, -0.2) is 0 Å². The van der Waals surface area contributed by atoms with Gasteiger partial charge < -0.3 is 0 Å². The van der Waals surface area contributed by atoms with Gasteiger partial charge in [0.2, 0.25) is 0 Å². The number of rotatable bonds is 1. The monoisotopic (exact) mass is 343 g/mol. The summed E-state index contributed by atoms with van der Waals surface area (Å²) in [6.45, 7) is 3.78. The van der Waals surface area contributed by atoms with E-state index in [0.717, 1.165) is 25.0 Å². The standard InChI is InChI=1S/C8H6BrClI/c1-2-5-3-6(9)8(11)4-7(5)10/h3-4H,1-2H2. The van der Waals surface area contributed by atoms with Gasteiger partial charge in [-0.2, -0.15) is 0 Å². The number of hydrogen-bond acceptors (Lipinski definition) is 0. The molecular weight excluding hydrogens is 338 g/mol. The van der Waals surface area contributed by atoms with Gasteiger partial charge in [-0.05, 0) is 69.6 Å². The number of hydrogen-bond donors (Lipinski definition) is 0. The Labute approximate surface area is 93.6 Å². The van der Waals surface area contributed by atoms with Crippen molar-refractivity contribution in [2.45, 2.75) is 6.42 Å². The SMILES string of the molecule is [CH2]Cc1cc(Br)c(I)cc1Cl. The third-order valence-corrected chi connectivity index (χ3v) is 4.00. The molecule has 0 fully saturated rings. The summed E-state index contributed by atoms with van der Waals surface area (Å²) in [6, 6.07) is 3.95. The maximum Gasteiger partial charge on any atom is 0.0449 e. The summed E-state index contributed by atoms with van der Waals surface area (Å²) >= 11 is 11.6. The molecule has 0 saturated heterocycles. The molecule has 0 unspecified atom stereocenters. The predicted octanol–water partition coefficient (Wildman–Crippen LogP) is 4.08. The van der Waals surface area contributed by atoms with Crippen molar-refractivity contribution in [2.75, 3.05) is 0 Å². The lowest BCUT2D eigenvalue weighted by Gasteiger charge is -2.02. The van der Waals surface area contributed by atoms with Gasteiger partial charge in [0, 0.05) is 13.1 Å². The Balaban J connectivity index is 3.21. The highest BCUT2D eigenvalue weighted by Gasteiger charge is 2.02. The van der Waals surface area contributed by atoms with E-state index in [4.69, 9.17) is 11.6 Å². The fourth-order valence-corrected chi connectivity index (χ4v) is 2.06. The highest BCUT2D eigenvalue weighted by Crippen LogP contribution is 2.26. The van der Waals surface area contributed by atoms with E-state index in [-0.39, 0.29) is 0 Å². The van der Waals surface area contributed by atoms with Crippen molar-refractivity contribution in [3.63, 3.8) is 0 Å². The molecule has 1 radical (unpaired) electrons. The smallest absolute Gasteiger partial charge is 0.0449 e. The molecule has 0 aromatic heterocycles. The van der Waals surface area contributed by atoms with Gasteiger partial charge in [-0.25, -0.2) is 0 Å². The van der Waals surface area contributed by atoms with E-state index in [9.17, 15) is 0 Å². The van der Waals surface area contributed by atoms with Gasteiger partial charge in [0.05, 0.1) is 0 Å². The van der Waals surface area contributed by atoms with Crippen LogP contribution in [0.2, 0.25) is 5.02 Å². The zero-order chi connectivity index (χ0) is 8.43. The minimum Gasteiger partial charge on any atom is -0.0840 e. The quantitative estimate of drug-likeness (QED) is 0.532. The minimum absolute atomic E-state index is 0.731. The Morgan fingerprint density at radius 1 is 1.55 bits per heavy atom. The molecule has 0 nitrogen and oxygen atoms in total. The van der Waals surface area contributed by atoms with Crippen molar-refractivity contribution < 1.29 is 0 Å². The third-order valence-electron chi connectivity index (χ3n) is 1.36. The van der Waals surface area contributed by atoms with E-state index in [1.165, 1.54) is 0 Å². The first-order valence-electron chi connectivity index (χ1n) is 3.08. The van der Waals surface area contributed by atoms with Crippen LogP contribution in [0.4, 0.5) is 0 Å². The molecule has 1 aromatic rings. The molecule has 0 saturated carbocycles. The first kappa shape index (κ1) is 9.81. The fraction of sp³-hybridized carbons (Fsp3) is 0.125. The van der Waals surface area contributed by atoms with E-state index >= 15 is 0 Å². The second-order valence-electron chi connectivity index (χ2n) is 2.11. The van der Waals surface area contributed by atoms with Crippen molar-refractivity contribution in [3.8, 4) is 0 Å². The molecule has 0 atom stereocenters. The summed E-state index contributed by atoms with van der Waals surface area (Å²) in [5.74, 6) is 0. The molecule has 0 amide bonds. The fourth-order valence-electron chi connectivity index (χ4n) is 0.755. The lowest BCUT2D eigenvalue weighted by atomic mass is 10.2. The molecule has 0 aliphatic heterocycles. The topological polar surface area (TPSA) is 0 Å². The molecular formula is C8H6BrClI. The second-order valence-corrected chi connectivity index (χ2v) is 4.53. The number of benzene rings is 1. The summed E-state index contributed by atoms with van der Waals surface area (Å²) in [5.41, 5.74) is 1.08. The molecule has 0 spiro atoms. The molecule has 0 N–H and O–H groups in total. The largest absolute Gasteiger partial charge is 0.0840 e. The van der Waals surface area contributed by atoms with Gasteiger partial charge in [-0.1, -0.05) is 11.6 Å². The van der Waals surface area contributed by atoms with E-state index in [2.05, 4.69) is 45.4 Å². The van der Waals surface area contributed by atoms with Crippen molar-refractivity contribution in [1.82, 2.24) is 0 Å². The van der Waals surface area contributed by atoms with Gasteiger partial charge in [0.25, 0.3) is 0 Å². The minimum atomic E-state index is 0.731. The third kappa shape index (κ3) is 2.33. The van der Waals surface area contributed by atoms with E-state index in [1.54, 1.807) is 0 Å². The highest BCUT2D eigenvalue weighted by atomic mass is 127. The van der Waals surface area contributed by atoms with Gasteiger partial charge in [0.15, 0.2) is 0 Å². The van der Waals surface area contributed by atoms with Crippen molar-refractivity contribution >= 4 is 50.1 Å². The Morgan fingerprint density at radius 3 is 2.73 bits per heavy atom. The van der Waals surface area contributed by atoms with Crippen LogP contribution in [-0.2, 0) is 6.42 Å². The van der Waals surface area contributed by atoms with Crippen LogP contribution >= 0.6 is 50.1 Å². The summed E-state index contributed by atoms with van der Waals surface area (Å²) < 4.78 is 2.21. The summed E-state index contributed by atoms with van der Waals surface area (Å²) in [6.07, 6.45) is 0.731. The molecule has 3 heteroatoms. The molecule has 0 aliphatic carbocycles. The predicted molar refractivity (Wildman–Crippen MR) is 60.9 cm³/mol. The molecule has 59 valence electrons. The highest BCUT2D eigenvalue weighted by molar-refractivity contribution is 14.1. The maximum absolute atomic E-state index is 5.94. The molecule has 0 aliphatic rings. The van der Waals surface area contributed by atoms with Gasteiger partial charge in [-0.3, -0.25) is 0 Å². The first-order chi connectivity index (χ1) is 5.15. The Kier molecular flexibility index (Phi) is 3.65. The molecule has 1 rings (SSSR count). The van der Waals surface area contributed by atoms with Crippen LogP contribution in [0, 0.1) is 10.5 Å². The van der Waals surface area contributed by atoms with Crippen LogP contribution in [0.25, 0.3) is 0 Å². The average Bonchev–Trinajstić information content (AvgIpc) is 1.97. The Hall–Kier alpha value is 0.720. The summed E-state index contributed by atoms with van der Waals surface area (Å²) in [7, 11) is 0. The second kappa shape index (κ2) is 4.10. The van der Waals surface area contributed by atoms with Gasteiger partial charge >= 0.3 is 0 Å². The first-order valence-corrected chi connectivity index (χ1v) is 5.32.